The van der Waals surface area contributed by atoms with Crippen molar-refractivity contribution in [1.29, 1.82) is 5.41 Å². The number of anilines is 1. The molecule has 1 aliphatic rings. The molecular weight excluding hydrogens is 236 g/mol. The molecule has 19 heavy (non-hydrogen) atoms. The lowest BCUT2D eigenvalue weighted by Crippen LogP contribution is -2.33. The molecule has 4 nitrogen and oxygen atoms in total. The van der Waals surface area contributed by atoms with Gasteiger partial charge in [0, 0.05) is 18.3 Å². The molecule has 0 amide bonds. The summed E-state index contributed by atoms with van der Waals surface area (Å²) >= 11 is 0. The number of nitrogens with two attached hydrogens (primary N) is 1. The molecule has 1 aromatic heterocycles. The highest BCUT2D eigenvalue weighted by Gasteiger charge is 2.32. The van der Waals surface area contributed by atoms with Crippen LogP contribution in [0.25, 0.3) is 0 Å². The summed E-state index contributed by atoms with van der Waals surface area (Å²) in [6.45, 7) is 9.41. The Bertz CT molecular complexity index is 489. The largest absolute Gasteiger partial charge is 0.384 e. The first kappa shape index (κ1) is 13.8. The van der Waals surface area contributed by atoms with Crippen LogP contribution in [0.1, 0.15) is 43.5 Å². The van der Waals surface area contributed by atoms with E-state index in [1.54, 1.807) is 0 Å². The molecule has 4 heteroatoms. The molecule has 0 aliphatic heterocycles. The molecule has 2 rings (SSSR count). The first-order valence-electron chi connectivity index (χ1n) is 6.99. The Morgan fingerprint density at radius 3 is 2.58 bits per heavy atom. The second-order valence-corrected chi connectivity index (χ2v) is 5.97. The van der Waals surface area contributed by atoms with Crippen molar-refractivity contribution >= 4 is 11.7 Å². The Morgan fingerprint density at radius 2 is 2.11 bits per heavy atom. The molecule has 1 aliphatic carbocycles. The third-order valence-electron chi connectivity index (χ3n) is 3.42. The Balaban J connectivity index is 2.48. The van der Waals surface area contributed by atoms with Crippen LogP contribution in [0.3, 0.4) is 0 Å². The van der Waals surface area contributed by atoms with Crippen molar-refractivity contribution in [3.05, 3.63) is 22.9 Å². The van der Waals surface area contributed by atoms with Crippen molar-refractivity contribution in [2.75, 3.05) is 11.4 Å². The molecule has 3 N–H and O–H groups in total. The van der Waals surface area contributed by atoms with Gasteiger partial charge in [-0.05, 0) is 44.2 Å². The minimum absolute atomic E-state index is 0.120. The van der Waals surface area contributed by atoms with E-state index < -0.39 is 0 Å². The lowest BCUT2D eigenvalue weighted by atomic mass is 10.1. The number of aromatic nitrogens is 1. The van der Waals surface area contributed by atoms with E-state index in [9.17, 15) is 0 Å². The van der Waals surface area contributed by atoms with Gasteiger partial charge in [0.1, 0.15) is 11.7 Å². The summed E-state index contributed by atoms with van der Waals surface area (Å²) in [7, 11) is 0. The van der Waals surface area contributed by atoms with Crippen LogP contribution in [0.2, 0.25) is 0 Å². The van der Waals surface area contributed by atoms with Crippen molar-refractivity contribution in [2.45, 2.75) is 46.6 Å². The highest BCUT2D eigenvalue weighted by atomic mass is 15.2. The molecule has 0 saturated heterocycles. The first-order valence-corrected chi connectivity index (χ1v) is 6.99. The SMILES string of the molecule is Cc1cc(C)c(C(=N)N)c(N(CC(C)C)C2CC2)n1. The van der Waals surface area contributed by atoms with Gasteiger partial charge in [0.05, 0.1) is 5.56 Å². The predicted octanol–water partition coefficient (Wildman–Crippen LogP) is 2.61. The van der Waals surface area contributed by atoms with Gasteiger partial charge in [-0.25, -0.2) is 4.98 Å². The van der Waals surface area contributed by atoms with Crippen LogP contribution in [0.15, 0.2) is 6.07 Å². The van der Waals surface area contributed by atoms with Crippen LogP contribution >= 0.6 is 0 Å². The van der Waals surface area contributed by atoms with Crippen molar-refractivity contribution in [3.63, 3.8) is 0 Å². The van der Waals surface area contributed by atoms with Crippen LogP contribution < -0.4 is 10.6 Å². The lowest BCUT2D eigenvalue weighted by Gasteiger charge is -2.28. The van der Waals surface area contributed by atoms with Gasteiger partial charge in [-0.2, -0.15) is 0 Å². The quantitative estimate of drug-likeness (QED) is 0.631. The number of hydrogen-bond acceptors (Lipinski definition) is 3. The standard InChI is InChI=1S/C15H24N4/c1-9(2)8-19(12-5-6-12)15-13(14(16)17)10(3)7-11(4)18-15/h7,9,12H,5-6,8H2,1-4H3,(H3,16,17). The second kappa shape index (κ2) is 5.19. The molecule has 0 atom stereocenters. The summed E-state index contributed by atoms with van der Waals surface area (Å²) < 4.78 is 0. The molecule has 1 fully saturated rings. The van der Waals surface area contributed by atoms with Crippen LogP contribution in [-0.4, -0.2) is 23.4 Å². The van der Waals surface area contributed by atoms with E-state index in [0.717, 1.165) is 29.2 Å². The molecule has 1 saturated carbocycles. The van der Waals surface area contributed by atoms with E-state index in [1.165, 1.54) is 12.8 Å². The van der Waals surface area contributed by atoms with Crippen molar-refractivity contribution in [3.8, 4) is 0 Å². The fourth-order valence-electron chi connectivity index (χ4n) is 2.55. The van der Waals surface area contributed by atoms with E-state index in [4.69, 9.17) is 11.1 Å². The van der Waals surface area contributed by atoms with Gasteiger partial charge in [-0.15, -0.1) is 0 Å². The molecule has 0 spiro atoms. The average molecular weight is 260 g/mol. The number of nitrogen functional groups attached to an aromatic ring is 1. The number of aryl methyl sites for hydroxylation is 2. The summed E-state index contributed by atoms with van der Waals surface area (Å²) in [5, 5.41) is 7.84. The van der Waals surface area contributed by atoms with Crippen LogP contribution in [0, 0.1) is 25.2 Å². The van der Waals surface area contributed by atoms with Gasteiger partial charge < -0.3 is 10.6 Å². The number of pyridine rings is 1. The third-order valence-corrected chi connectivity index (χ3v) is 3.42. The van der Waals surface area contributed by atoms with E-state index in [0.29, 0.717) is 12.0 Å². The van der Waals surface area contributed by atoms with Crippen molar-refractivity contribution in [1.82, 2.24) is 4.98 Å². The van der Waals surface area contributed by atoms with Gasteiger partial charge >= 0.3 is 0 Å². The van der Waals surface area contributed by atoms with E-state index in [1.807, 2.05) is 19.9 Å². The number of rotatable bonds is 5. The molecule has 1 aromatic rings. The third kappa shape index (κ3) is 3.06. The van der Waals surface area contributed by atoms with Gasteiger partial charge in [-0.1, -0.05) is 13.8 Å². The zero-order valence-corrected chi connectivity index (χ0v) is 12.3. The Labute approximate surface area is 115 Å². The zero-order chi connectivity index (χ0) is 14.2. The number of nitrogens with one attached hydrogen (secondary N) is 1. The maximum absolute atomic E-state index is 7.84. The predicted molar refractivity (Wildman–Crippen MR) is 79.9 cm³/mol. The van der Waals surface area contributed by atoms with E-state index in [2.05, 4.69) is 23.7 Å². The Morgan fingerprint density at radius 1 is 1.47 bits per heavy atom. The summed E-state index contributed by atoms with van der Waals surface area (Å²) in [5.74, 6) is 1.60. The summed E-state index contributed by atoms with van der Waals surface area (Å²) in [6.07, 6.45) is 2.44. The van der Waals surface area contributed by atoms with Gasteiger partial charge in [0.2, 0.25) is 0 Å². The van der Waals surface area contributed by atoms with Crippen LogP contribution in [0.5, 0.6) is 0 Å². The molecule has 0 bridgehead atoms. The van der Waals surface area contributed by atoms with Crippen LogP contribution in [-0.2, 0) is 0 Å². The highest BCUT2D eigenvalue weighted by Crippen LogP contribution is 2.34. The maximum Gasteiger partial charge on any atom is 0.140 e. The second-order valence-electron chi connectivity index (χ2n) is 5.97. The number of amidine groups is 1. The van der Waals surface area contributed by atoms with Gasteiger partial charge in [0.25, 0.3) is 0 Å². The number of hydrogen-bond donors (Lipinski definition) is 2. The molecule has 0 radical (unpaired) electrons. The zero-order valence-electron chi connectivity index (χ0n) is 12.3. The first-order chi connectivity index (χ1) is 8.90. The van der Waals surface area contributed by atoms with E-state index >= 15 is 0 Å². The summed E-state index contributed by atoms with van der Waals surface area (Å²) in [4.78, 5) is 7.02. The molecular formula is C15H24N4. The normalized spacial score (nSPS) is 14.8. The Kier molecular flexibility index (Phi) is 3.78. The van der Waals surface area contributed by atoms with E-state index in [-0.39, 0.29) is 5.84 Å². The topological polar surface area (TPSA) is 66.0 Å². The van der Waals surface area contributed by atoms with Crippen LogP contribution in [0.4, 0.5) is 5.82 Å². The van der Waals surface area contributed by atoms with Crippen molar-refractivity contribution < 1.29 is 0 Å². The fraction of sp³-hybridized carbons (Fsp3) is 0.600. The van der Waals surface area contributed by atoms with Crippen molar-refractivity contribution in [2.24, 2.45) is 11.7 Å². The minimum Gasteiger partial charge on any atom is -0.384 e. The molecule has 1 heterocycles. The molecule has 0 unspecified atom stereocenters. The monoisotopic (exact) mass is 260 g/mol. The molecule has 0 aromatic carbocycles. The summed E-state index contributed by atoms with van der Waals surface area (Å²) in [5.41, 5.74) is 8.61. The molecule has 104 valence electrons. The maximum atomic E-state index is 7.84. The fourth-order valence-corrected chi connectivity index (χ4v) is 2.55. The average Bonchev–Trinajstić information content (AvgIpc) is 3.07. The Hall–Kier alpha value is -1.58. The summed E-state index contributed by atoms with van der Waals surface area (Å²) in [6, 6.07) is 2.58. The minimum atomic E-state index is 0.120. The lowest BCUT2D eigenvalue weighted by molar-refractivity contribution is 0.602. The van der Waals surface area contributed by atoms with Gasteiger partial charge in [-0.3, -0.25) is 5.41 Å². The highest BCUT2D eigenvalue weighted by molar-refractivity contribution is 6.01. The smallest absolute Gasteiger partial charge is 0.140 e. The van der Waals surface area contributed by atoms with Gasteiger partial charge in [0.15, 0.2) is 0 Å². The number of nitrogens with zero attached hydrogens (tertiary/aromatic N) is 2.